The zero-order valence-electron chi connectivity index (χ0n) is 13.7. The molecule has 1 aromatic carbocycles. The van der Waals surface area contributed by atoms with Crippen molar-refractivity contribution in [3.05, 3.63) is 53.9 Å². The number of halogens is 3. The number of hydrogen-bond acceptors (Lipinski definition) is 5. The number of para-hydroxylation sites is 1. The Balaban J connectivity index is 1.70. The standard InChI is InChI=1S/C17H15F3N4OS/c1-24(10-14(25)22-9-11-5-2-3-8-21-11)16-23-15-12(17(18,19)20)6-4-7-13(15)26-16/h2-8H,9-10H2,1H3,(H,22,25). The predicted octanol–water partition coefficient (Wildman–Crippen LogP) is 3.46. The number of benzene rings is 1. The van der Waals surface area contributed by atoms with Gasteiger partial charge in [0, 0.05) is 13.2 Å². The Morgan fingerprint density at radius 1 is 1.23 bits per heavy atom. The molecule has 0 saturated heterocycles. The number of aromatic nitrogens is 2. The topological polar surface area (TPSA) is 58.1 Å². The van der Waals surface area contributed by atoms with Gasteiger partial charge in [0.05, 0.1) is 34.6 Å². The molecule has 0 aliphatic rings. The molecule has 0 aliphatic carbocycles. The molecular formula is C17H15F3N4OS. The highest BCUT2D eigenvalue weighted by molar-refractivity contribution is 7.22. The second kappa shape index (κ2) is 7.28. The third-order valence-electron chi connectivity index (χ3n) is 3.61. The van der Waals surface area contributed by atoms with Crippen molar-refractivity contribution in [1.29, 1.82) is 0 Å². The summed E-state index contributed by atoms with van der Waals surface area (Å²) < 4.78 is 39.7. The van der Waals surface area contributed by atoms with E-state index in [0.717, 1.165) is 23.1 Å². The number of alkyl halides is 3. The molecule has 1 amide bonds. The van der Waals surface area contributed by atoms with Crippen molar-refractivity contribution in [2.45, 2.75) is 12.7 Å². The number of nitrogens with zero attached hydrogens (tertiary/aromatic N) is 3. The van der Waals surface area contributed by atoms with Gasteiger partial charge in [0.15, 0.2) is 5.13 Å². The number of pyridine rings is 1. The molecule has 2 aromatic heterocycles. The first-order chi connectivity index (χ1) is 12.3. The van der Waals surface area contributed by atoms with Gasteiger partial charge in [-0.05, 0) is 24.3 Å². The van der Waals surface area contributed by atoms with E-state index in [1.807, 2.05) is 6.07 Å². The lowest BCUT2D eigenvalue weighted by Gasteiger charge is -2.15. The maximum absolute atomic E-state index is 13.1. The molecule has 0 atom stereocenters. The van der Waals surface area contributed by atoms with Gasteiger partial charge in [0.2, 0.25) is 5.91 Å². The van der Waals surface area contributed by atoms with Crippen LogP contribution in [0.4, 0.5) is 18.3 Å². The van der Waals surface area contributed by atoms with Gasteiger partial charge in [-0.2, -0.15) is 13.2 Å². The van der Waals surface area contributed by atoms with Crippen LogP contribution >= 0.6 is 11.3 Å². The van der Waals surface area contributed by atoms with Crippen LogP contribution in [0.1, 0.15) is 11.3 Å². The summed E-state index contributed by atoms with van der Waals surface area (Å²) in [6.45, 7) is 0.263. The summed E-state index contributed by atoms with van der Waals surface area (Å²) in [5.74, 6) is -0.270. The number of thiazole rings is 1. The van der Waals surface area contributed by atoms with E-state index in [-0.39, 0.29) is 24.5 Å². The number of fused-ring (bicyclic) bond motifs is 1. The summed E-state index contributed by atoms with van der Waals surface area (Å²) in [7, 11) is 1.62. The predicted molar refractivity (Wildman–Crippen MR) is 94.0 cm³/mol. The van der Waals surface area contributed by atoms with E-state index in [0.29, 0.717) is 9.83 Å². The quantitative estimate of drug-likeness (QED) is 0.737. The van der Waals surface area contributed by atoms with Crippen molar-refractivity contribution in [1.82, 2.24) is 15.3 Å². The second-order valence-corrected chi connectivity index (χ2v) is 6.61. The summed E-state index contributed by atoms with van der Waals surface area (Å²) in [4.78, 5) is 21.8. The molecule has 0 saturated carbocycles. The van der Waals surface area contributed by atoms with Crippen LogP contribution in [0.3, 0.4) is 0 Å². The molecule has 136 valence electrons. The highest BCUT2D eigenvalue weighted by Gasteiger charge is 2.34. The van der Waals surface area contributed by atoms with E-state index in [1.54, 1.807) is 31.4 Å². The minimum Gasteiger partial charge on any atom is -0.349 e. The molecule has 26 heavy (non-hydrogen) atoms. The smallest absolute Gasteiger partial charge is 0.349 e. The minimum atomic E-state index is -4.47. The van der Waals surface area contributed by atoms with Crippen LogP contribution < -0.4 is 10.2 Å². The van der Waals surface area contributed by atoms with Crippen molar-refractivity contribution >= 4 is 32.6 Å². The monoisotopic (exact) mass is 380 g/mol. The molecule has 0 bridgehead atoms. The Morgan fingerprint density at radius 3 is 2.73 bits per heavy atom. The van der Waals surface area contributed by atoms with Gasteiger partial charge in [-0.25, -0.2) is 4.98 Å². The fraction of sp³-hybridized carbons (Fsp3) is 0.235. The molecule has 0 aliphatic heterocycles. The molecule has 3 aromatic rings. The van der Waals surface area contributed by atoms with Gasteiger partial charge in [-0.1, -0.05) is 23.5 Å². The normalized spacial score (nSPS) is 11.5. The number of rotatable bonds is 5. The van der Waals surface area contributed by atoms with Crippen molar-refractivity contribution in [3.8, 4) is 0 Å². The maximum atomic E-state index is 13.1. The van der Waals surface area contributed by atoms with E-state index in [4.69, 9.17) is 0 Å². The number of carbonyl (C=O) groups is 1. The Kier molecular flexibility index (Phi) is 5.08. The summed E-state index contributed by atoms with van der Waals surface area (Å²) >= 11 is 1.11. The van der Waals surface area contributed by atoms with E-state index in [1.165, 1.54) is 11.0 Å². The van der Waals surface area contributed by atoms with Crippen molar-refractivity contribution in [3.63, 3.8) is 0 Å². The number of nitrogens with one attached hydrogen (secondary N) is 1. The Bertz CT molecular complexity index is 911. The molecule has 0 spiro atoms. The molecule has 5 nitrogen and oxygen atoms in total. The lowest BCUT2D eigenvalue weighted by atomic mass is 10.2. The van der Waals surface area contributed by atoms with Crippen LogP contribution in [-0.2, 0) is 17.5 Å². The van der Waals surface area contributed by atoms with E-state index >= 15 is 0 Å². The third-order valence-corrected chi connectivity index (χ3v) is 4.75. The fourth-order valence-electron chi connectivity index (χ4n) is 2.36. The van der Waals surface area contributed by atoms with Gasteiger partial charge in [-0.3, -0.25) is 9.78 Å². The molecule has 3 rings (SSSR count). The van der Waals surface area contributed by atoms with Crippen LogP contribution in [-0.4, -0.2) is 29.5 Å². The van der Waals surface area contributed by atoms with Crippen LogP contribution in [0.25, 0.3) is 10.2 Å². The largest absolute Gasteiger partial charge is 0.418 e. The van der Waals surface area contributed by atoms with E-state index < -0.39 is 11.7 Å². The first-order valence-corrected chi connectivity index (χ1v) is 8.51. The molecular weight excluding hydrogens is 365 g/mol. The second-order valence-electron chi connectivity index (χ2n) is 5.60. The Morgan fingerprint density at radius 2 is 2.04 bits per heavy atom. The van der Waals surface area contributed by atoms with Gasteiger partial charge < -0.3 is 10.2 Å². The molecule has 9 heteroatoms. The molecule has 0 unspecified atom stereocenters. The molecule has 1 N–H and O–H groups in total. The van der Waals surface area contributed by atoms with E-state index in [9.17, 15) is 18.0 Å². The van der Waals surface area contributed by atoms with Gasteiger partial charge >= 0.3 is 6.18 Å². The van der Waals surface area contributed by atoms with Gasteiger partial charge in [0.1, 0.15) is 0 Å². The van der Waals surface area contributed by atoms with E-state index in [2.05, 4.69) is 15.3 Å². The van der Waals surface area contributed by atoms with Crippen molar-refractivity contribution < 1.29 is 18.0 Å². The maximum Gasteiger partial charge on any atom is 0.418 e. The molecule has 2 heterocycles. The van der Waals surface area contributed by atoms with Gasteiger partial charge in [0.25, 0.3) is 0 Å². The average molecular weight is 380 g/mol. The molecule has 0 radical (unpaired) electrons. The third kappa shape index (κ3) is 4.10. The van der Waals surface area contributed by atoms with Crippen LogP contribution in [0, 0.1) is 0 Å². The van der Waals surface area contributed by atoms with Gasteiger partial charge in [-0.15, -0.1) is 0 Å². The number of anilines is 1. The van der Waals surface area contributed by atoms with Crippen molar-refractivity contribution in [2.24, 2.45) is 0 Å². The summed E-state index contributed by atoms with van der Waals surface area (Å²) in [6, 6.07) is 9.33. The van der Waals surface area contributed by atoms with Crippen LogP contribution in [0.2, 0.25) is 0 Å². The first kappa shape index (κ1) is 18.1. The summed E-state index contributed by atoms with van der Waals surface area (Å²) in [5.41, 5.74) is -0.149. The molecule has 0 fully saturated rings. The van der Waals surface area contributed by atoms with Crippen molar-refractivity contribution in [2.75, 3.05) is 18.5 Å². The number of likely N-dealkylation sites (N-methyl/N-ethyl adjacent to an activating group) is 1. The Labute approximate surface area is 151 Å². The lowest BCUT2D eigenvalue weighted by molar-refractivity contribution is -0.136. The summed E-state index contributed by atoms with van der Waals surface area (Å²) in [6.07, 6.45) is -2.84. The van der Waals surface area contributed by atoms with Crippen LogP contribution in [0.15, 0.2) is 42.6 Å². The zero-order chi connectivity index (χ0) is 18.7. The number of hydrogen-bond donors (Lipinski definition) is 1. The Hall–Kier alpha value is -2.68. The highest BCUT2D eigenvalue weighted by atomic mass is 32.1. The minimum absolute atomic E-state index is 0.0198. The average Bonchev–Trinajstić information content (AvgIpc) is 3.04. The fourth-order valence-corrected chi connectivity index (χ4v) is 3.31. The van der Waals surface area contributed by atoms with Crippen LogP contribution in [0.5, 0.6) is 0 Å². The first-order valence-electron chi connectivity index (χ1n) is 7.69. The number of amides is 1. The summed E-state index contributed by atoms with van der Waals surface area (Å²) in [5, 5.41) is 3.07. The highest BCUT2D eigenvalue weighted by Crippen LogP contribution is 2.38. The lowest BCUT2D eigenvalue weighted by Crippen LogP contribution is -2.34. The SMILES string of the molecule is CN(CC(=O)NCc1ccccn1)c1nc2c(C(F)(F)F)cccc2s1. The zero-order valence-corrected chi connectivity index (χ0v) is 14.6. The number of carbonyl (C=O) groups excluding carboxylic acids is 1.